The van der Waals surface area contributed by atoms with Gasteiger partial charge in [-0.3, -0.25) is 9.78 Å². The number of hydrogen-bond acceptors (Lipinski definition) is 5. The third-order valence-electron chi connectivity index (χ3n) is 2.76. The van der Waals surface area contributed by atoms with Gasteiger partial charge in [-0.15, -0.1) is 0 Å². The first-order valence-electron chi connectivity index (χ1n) is 5.99. The van der Waals surface area contributed by atoms with Crippen molar-refractivity contribution in [2.75, 3.05) is 0 Å². The molecule has 3 aromatic heterocycles. The van der Waals surface area contributed by atoms with Crippen LogP contribution in [0.2, 0.25) is 0 Å². The minimum atomic E-state index is -0.304. The molecule has 0 saturated carbocycles. The molecular weight excluding hydrogens is 258 g/mol. The molecule has 0 fully saturated rings. The number of aromatic nitrogens is 2. The lowest BCUT2D eigenvalue weighted by atomic mass is 10.2. The van der Waals surface area contributed by atoms with Crippen LogP contribution in [0, 0.1) is 0 Å². The van der Waals surface area contributed by atoms with Crippen LogP contribution in [0.5, 0.6) is 0 Å². The van der Waals surface area contributed by atoms with Gasteiger partial charge in [0.25, 0.3) is 5.91 Å². The van der Waals surface area contributed by atoms with E-state index in [9.17, 15) is 4.79 Å². The lowest BCUT2D eigenvalue weighted by molar-refractivity contribution is 0.0914. The molecule has 0 bridgehead atoms. The van der Waals surface area contributed by atoms with Gasteiger partial charge >= 0.3 is 0 Å². The Bertz CT molecular complexity index is 673. The van der Waals surface area contributed by atoms with Gasteiger partial charge in [0, 0.05) is 24.4 Å². The minimum Gasteiger partial charge on any atom is -0.472 e. The van der Waals surface area contributed by atoms with Crippen LogP contribution in [0.1, 0.15) is 16.1 Å². The Balaban J connectivity index is 1.63. The average Bonchev–Trinajstić information content (AvgIpc) is 3.18. The Morgan fingerprint density at radius 2 is 2.20 bits per heavy atom. The quantitative estimate of drug-likeness (QED) is 0.785. The van der Waals surface area contributed by atoms with Crippen molar-refractivity contribution in [3.8, 4) is 11.3 Å². The number of pyridine rings is 1. The first-order chi connectivity index (χ1) is 9.83. The molecule has 6 heteroatoms. The molecule has 0 spiro atoms. The molecule has 100 valence electrons. The smallest absolute Gasteiger partial charge is 0.290 e. The molecule has 0 radical (unpaired) electrons. The van der Waals surface area contributed by atoms with Crippen molar-refractivity contribution < 1.29 is 13.7 Å². The molecule has 0 saturated heterocycles. The Labute approximate surface area is 114 Å². The Hall–Kier alpha value is -2.89. The van der Waals surface area contributed by atoms with Crippen LogP contribution in [-0.2, 0) is 6.54 Å². The van der Waals surface area contributed by atoms with Crippen LogP contribution >= 0.6 is 0 Å². The summed E-state index contributed by atoms with van der Waals surface area (Å²) in [7, 11) is 0. The number of rotatable bonds is 4. The van der Waals surface area contributed by atoms with Gasteiger partial charge in [0.15, 0.2) is 0 Å². The van der Waals surface area contributed by atoms with E-state index < -0.39 is 0 Å². The van der Waals surface area contributed by atoms with Crippen molar-refractivity contribution >= 4 is 5.91 Å². The highest BCUT2D eigenvalue weighted by Crippen LogP contribution is 2.17. The maximum Gasteiger partial charge on any atom is 0.290 e. The van der Waals surface area contributed by atoms with Crippen LogP contribution in [0.4, 0.5) is 0 Å². The van der Waals surface area contributed by atoms with Crippen LogP contribution < -0.4 is 5.32 Å². The molecular formula is C14H11N3O3. The number of carbonyl (C=O) groups excluding carboxylic acids is 1. The molecule has 20 heavy (non-hydrogen) atoms. The van der Waals surface area contributed by atoms with E-state index in [0.717, 1.165) is 16.8 Å². The molecule has 0 aromatic carbocycles. The Kier molecular flexibility index (Phi) is 3.28. The van der Waals surface area contributed by atoms with Crippen LogP contribution in [0.3, 0.4) is 0 Å². The topological polar surface area (TPSA) is 81.2 Å². The lowest BCUT2D eigenvalue weighted by Gasteiger charge is -2.03. The van der Waals surface area contributed by atoms with Gasteiger partial charge in [-0.2, -0.15) is 0 Å². The second kappa shape index (κ2) is 5.40. The summed E-state index contributed by atoms with van der Waals surface area (Å²) in [6.07, 6.45) is 6.37. The fourth-order valence-corrected chi connectivity index (χ4v) is 1.71. The van der Waals surface area contributed by atoms with E-state index in [0.29, 0.717) is 6.54 Å². The average molecular weight is 269 g/mol. The zero-order valence-corrected chi connectivity index (χ0v) is 10.4. The number of carbonyl (C=O) groups is 1. The van der Waals surface area contributed by atoms with E-state index in [4.69, 9.17) is 8.94 Å². The first kappa shape index (κ1) is 12.2. The predicted molar refractivity (Wildman–Crippen MR) is 69.6 cm³/mol. The second-order valence-electron chi connectivity index (χ2n) is 4.12. The molecule has 3 heterocycles. The summed E-state index contributed by atoms with van der Waals surface area (Å²) in [6, 6.07) is 7.13. The van der Waals surface area contributed by atoms with Crippen molar-refractivity contribution in [3.05, 3.63) is 60.5 Å². The van der Waals surface area contributed by atoms with E-state index in [1.165, 1.54) is 12.3 Å². The molecule has 0 aliphatic carbocycles. The second-order valence-corrected chi connectivity index (χ2v) is 4.12. The first-order valence-corrected chi connectivity index (χ1v) is 5.99. The summed E-state index contributed by atoms with van der Waals surface area (Å²) < 4.78 is 9.77. The molecule has 1 amide bonds. The Morgan fingerprint density at radius 1 is 1.25 bits per heavy atom. The van der Waals surface area contributed by atoms with E-state index in [1.807, 2.05) is 18.2 Å². The maximum atomic E-state index is 11.7. The summed E-state index contributed by atoms with van der Waals surface area (Å²) in [5.74, 6) is -0.116. The van der Waals surface area contributed by atoms with Crippen molar-refractivity contribution in [1.82, 2.24) is 15.5 Å². The largest absolute Gasteiger partial charge is 0.472 e. The summed E-state index contributed by atoms with van der Waals surface area (Å²) in [5.41, 5.74) is 2.64. The number of amides is 1. The molecule has 0 atom stereocenters. The van der Waals surface area contributed by atoms with Gasteiger partial charge in [0.05, 0.1) is 24.4 Å². The molecule has 1 N–H and O–H groups in total. The molecule has 3 rings (SSSR count). The molecule has 0 aliphatic rings. The SMILES string of the molecule is O=C(NCc1ccc(-c2ccoc2)nc1)c1ccno1. The van der Waals surface area contributed by atoms with E-state index in [1.54, 1.807) is 18.7 Å². The highest BCUT2D eigenvalue weighted by Gasteiger charge is 2.09. The van der Waals surface area contributed by atoms with Crippen LogP contribution in [-0.4, -0.2) is 16.0 Å². The van der Waals surface area contributed by atoms with Crippen molar-refractivity contribution in [1.29, 1.82) is 0 Å². The van der Waals surface area contributed by atoms with Crippen LogP contribution in [0.25, 0.3) is 11.3 Å². The van der Waals surface area contributed by atoms with Gasteiger partial charge in [-0.25, -0.2) is 0 Å². The zero-order chi connectivity index (χ0) is 13.8. The third-order valence-corrected chi connectivity index (χ3v) is 2.76. The van der Waals surface area contributed by atoms with Gasteiger partial charge in [-0.05, 0) is 17.7 Å². The standard InChI is InChI=1S/C14H11N3O3/c18-14(13-3-5-17-20-13)16-8-10-1-2-12(15-7-10)11-4-6-19-9-11/h1-7,9H,8H2,(H,16,18). The minimum absolute atomic E-state index is 0.188. The number of nitrogens with zero attached hydrogens (tertiary/aromatic N) is 2. The monoisotopic (exact) mass is 269 g/mol. The Morgan fingerprint density at radius 3 is 2.85 bits per heavy atom. The van der Waals surface area contributed by atoms with E-state index >= 15 is 0 Å². The lowest BCUT2D eigenvalue weighted by Crippen LogP contribution is -2.22. The summed E-state index contributed by atoms with van der Waals surface area (Å²) in [6.45, 7) is 0.373. The number of nitrogens with one attached hydrogen (secondary N) is 1. The number of hydrogen-bond donors (Lipinski definition) is 1. The number of furan rings is 1. The molecule has 0 unspecified atom stereocenters. The van der Waals surface area contributed by atoms with Gasteiger partial charge in [0.2, 0.25) is 5.76 Å². The van der Waals surface area contributed by atoms with Crippen molar-refractivity contribution in [3.63, 3.8) is 0 Å². The fourth-order valence-electron chi connectivity index (χ4n) is 1.71. The fraction of sp³-hybridized carbons (Fsp3) is 0.0714. The molecule has 3 aromatic rings. The van der Waals surface area contributed by atoms with Gasteiger partial charge < -0.3 is 14.3 Å². The van der Waals surface area contributed by atoms with Gasteiger partial charge in [0.1, 0.15) is 0 Å². The third kappa shape index (κ3) is 2.59. The molecule has 0 aliphatic heterocycles. The molecule has 6 nitrogen and oxygen atoms in total. The van der Waals surface area contributed by atoms with Crippen molar-refractivity contribution in [2.24, 2.45) is 0 Å². The normalized spacial score (nSPS) is 10.4. The maximum absolute atomic E-state index is 11.7. The van der Waals surface area contributed by atoms with Gasteiger partial charge in [-0.1, -0.05) is 11.2 Å². The van der Waals surface area contributed by atoms with E-state index in [2.05, 4.69) is 15.5 Å². The predicted octanol–water partition coefficient (Wildman–Crippen LogP) is 2.26. The summed E-state index contributed by atoms with van der Waals surface area (Å²) in [5, 5.41) is 6.21. The van der Waals surface area contributed by atoms with Crippen LogP contribution in [0.15, 0.2) is 58.1 Å². The zero-order valence-electron chi connectivity index (χ0n) is 10.4. The van der Waals surface area contributed by atoms with Crippen molar-refractivity contribution in [2.45, 2.75) is 6.54 Å². The summed E-state index contributed by atoms with van der Waals surface area (Å²) in [4.78, 5) is 16.0. The highest BCUT2D eigenvalue weighted by atomic mass is 16.5. The highest BCUT2D eigenvalue weighted by molar-refractivity contribution is 5.91. The summed E-state index contributed by atoms with van der Waals surface area (Å²) >= 11 is 0. The van der Waals surface area contributed by atoms with E-state index in [-0.39, 0.29) is 11.7 Å².